The van der Waals surface area contributed by atoms with Crippen molar-refractivity contribution in [1.82, 2.24) is 14.1 Å². The van der Waals surface area contributed by atoms with Crippen molar-refractivity contribution < 1.29 is 13.2 Å². The van der Waals surface area contributed by atoms with Crippen LogP contribution in [0.3, 0.4) is 0 Å². The van der Waals surface area contributed by atoms with E-state index in [-0.39, 0.29) is 4.90 Å². The standard InChI is InChI=1S/C19H25N5O3S/c1-3-15-13-23-14-20-18(12-19(23)21-15)22-7-9-24(10-8-22)28(25,26)17-6-4-5-16(11-17)27-2/h4-6,11-12,14-15H,3,7-10,13H2,1-2H3/t15-/m0/s1. The van der Waals surface area contributed by atoms with Crippen LogP contribution >= 0.6 is 0 Å². The first kappa shape index (κ1) is 18.9. The van der Waals surface area contributed by atoms with Crippen molar-refractivity contribution in [2.24, 2.45) is 9.98 Å². The van der Waals surface area contributed by atoms with Crippen molar-refractivity contribution in [1.29, 1.82) is 0 Å². The molecular weight excluding hydrogens is 378 g/mol. The fourth-order valence-electron chi connectivity index (χ4n) is 3.59. The quantitative estimate of drug-likeness (QED) is 0.742. The van der Waals surface area contributed by atoms with Crippen LogP contribution in [0.15, 0.2) is 51.0 Å². The minimum Gasteiger partial charge on any atom is -0.497 e. The summed E-state index contributed by atoms with van der Waals surface area (Å²) in [5.41, 5.74) is 0. The summed E-state index contributed by atoms with van der Waals surface area (Å²) >= 11 is 0. The van der Waals surface area contributed by atoms with Gasteiger partial charge >= 0.3 is 0 Å². The van der Waals surface area contributed by atoms with Gasteiger partial charge in [0.05, 0.1) is 24.4 Å². The Bertz CT molecular complexity index is 933. The van der Waals surface area contributed by atoms with Crippen LogP contribution in [-0.4, -0.2) is 80.6 Å². The molecule has 9 heteroatoms. The average Bonchev–Trinajstić information content (AvgIpc) is 3.16. The Hall–Kier alpha value is -2.39. The highest BCUT2D eigenvalue weighted by atomic mass is 32.2. The van der Waals surface area contributed by atoms with Crippen molar-refractivity contribution in [2.75, 3.05) is 39.8 Å². The minimum atomic E-state index is -3.54. The third-order valence-corrected chi connectivity index (χ3v) is 7.21. The van der Waals surface area contributed by atoms with Gasteiger partial charge in [-0.3, -0.25) is 4.99 Å². The first-order valence-electron chi connectivity index (χ1n) is 9.50. The number of methoxy groups -OCH3 is 1. The molecule has 0 aromatic heterocycles. The first-order chi connectivity index (χ1) is 13.5. The largest absolute Gasteiger partial charge is 0.497 e. The van der Waals surface area contributed by atoms with Crippen molar-refractivity contribution in [2.45, 2.75) is 24.3 Å². The minimum absolute atomic E-state index is 0.261. The molecule has 1 fully saturated rings. The summed E-state index contributed by atoms with van der Waals surface area (Å²) in [6.07, 6.45) is 4.85. The predicted molar refractivity (Wildman–Crippen MR) is 108 cm³/mol. The Morgan fingerprint density at radius 1 is 1.21 bits per heavy atom. The van der Waals surface area contributed by atoms with Crippen LogP contribution in [0.5, 0.6) is 5.75 Å². The lowest BCUT2D eigenvalue weighted by Gasteiger charge is -2.36. The van der Waals surface area contributed by atoms with E-state index in [1.54, 1.807) is 24.3 Å². The lowest BCUT2D eigenvalue weighted by atomic mass is 10.2. The van der Waals surface area contributed by atoms with Crippen LogP contribution in [-0.2, 0) is 10.0 Å². The molecule has 1 atom stereocenters. The molecule has 28 heavy (non-hydrogen) atoms. The molecule has 1 aromatic carbocycles. The van der Waals surface area contributed by atoms with E-state index in [2.05, 4.69) is 21.7 Å². The molecule has 3 heterocycles. The van der Waals surface area contributed by atoms with Gasteiger partial charge in [0.1, 0.15) is 17.4 Å². The Balaban J connectivity index is 1.44. The van der Waals surface area contributed by atoms with Crippen LogP contribution < -0.4 is 4.74 Å². The van der Waals surface area contributed by atoms with Crippen molar-refractivity contribution in [3.8, 4) is 5.75 Å². The third kappa shape index (κ3) is 3.51. The second-order valence-electron chi connectivity index (χ2n) is 7.02. The monoisotopic (exact) mass is 403 g/mol. The highest BCUT2D eigenvalue weighted by Gasteiger charge is 2.31. The third-order valence-electron chi connectivity index (χ3n) is 5.32. The number of aliphatic imine (C=N–C) groups is 2. The highest BCUT2D eigenvalue weighted by molar-refractivity contribution is 7.89. The molecule has 0 saturated carbocycles. The topological polar surface area (TPSA) is 77.8 Å². The molecule has 0 N–H and O–H groups in total. The number of sulfonamides is 1. The molecule has 1 aromatic rings. The normalized spacial score (nSPS) is 22.7. The number of hydrogen-bond donors (Lipinski definition) is 0. The van der Waals surface area contributed by atoms with Crippen LogP contribution in [0, 0.1) is 0 Å². The zero-order valence-corrected chi connectivity index (χ0v) is 17.0. The van der Waals surface area contributed by atoms with Gasteiger partial charge in [-0.15, -0.1) is 0 Å². The SMILES string of the molecule is CC[C@H]1CN2C=NC(N3CCN(S(=O)(=O)c4cccc(OC)c4)CC3)=CC2=N1. The van der Waals surface area contributed by atoms with Crippen molar-refractivity contribution >= 4 is 22.2 Å². The van der Waals surface area contributed by atoms with E-state index in [1.807, 2.05) is 12.4 Å². The Morgan fingerprint density at radius 2 is 2.00 bits per heavy atom. The van der Waals surface area contributed by atoms with Crippen LogP contribution in [0.4, 0.5) is 0 Å². The number of fused-ring (bicyclic) bond motifs is 1. The Labute approximate surface area is 165 Å². The van der Waals surface area contributed by atoms with Gasteiger partial charge in [-0.2, -0.15) is 4.31 Å². The number of amidine groups is 1. The van der Waals surface area contributed by atoms with Crippen LogP contribution in [0.1, 0.15) is 13.3 Å². The van der Waals surface area contributed by atoms with Crippen LogP contribution in [0.25, 0.3) is 0 Å². The summed E-state index contributed by atoms with van der Waals surface area (Å²) in [6, 6.07) is 6.92. The van der Waals surface area contributed by atoms with Gasteiger partial charge in [-0.1, -0.05) is 13.0 Å². The maximum absolute atomic E-state index is 12.9. The molecule has 3 aliphatic heterocycles. The molecule has 0 aliphatic carbocycles. The molecule has 0 bridgehead atoms. The molecule has 0 amide bonds. The fraction of sp³-hybridized carbons (Fsp3) is 0.474. The van der Waals surface area contributed by atoms with E-state index >= 15 is 0 Å². The number of hydrogen-bond acceptors (Lipinski definition) is 7. The van der Waals surface area contributed by atoms with Gasteiger partial charge in [-0.05, 0) is 18.6 Å². The Morgan fingerprint density at radius 3 is 2.71 bits per heavy atom. The average molecular weight is 404 g/mol. The number of nitrogens with zero attached hydrogens (tertiary/aromatic N) is 5. The van der Waals surface area contributed by atoms with Gasteiger partial charge < -0.3 is 14.5 Å². The second-order valence-corrected chi connectivity index (χ2v) is 8.96. The summed E-state index contributed by atoms with van der Waals surface area (Å²) in [4.78, 5) is 13.7. The highest BCUT2D eigenvalue weighted by Crippen LogP contribution is 2.24. The summed E-state index contributed by atoms with van der Waals surface area (Å²) < 4.78 is 32.6. The predicted octanol–water partition coefficient (Wildman–Crippen LogP) is 1.38. The Kier molecular flexibility index (Phi) is 5.11. The summed E-state index contributed by atoms with van der Waals surface area (Å²) in [5, 5.41) is 0. The maximum atomic E-state index is 12.9. The van der Waals surface area contributed by atoms with Crippen LogP contribution in [0.2, 0.25) is 0 Å². The molecule has 1 saturated heterocycles. The lowest BCUT2D eigenvalue weighted by molar-refractivity contribution is 0.227. The van der Waals surface area contributed by atoms with E-state index in [0.717, 1.165) is 24.6 Å². The summed E-state index contributed by atoms with van der Waals surface area (Å²) in [7, 11) is -2.01. The van der Waals surface area contributed by atoms with Crippen molar-refractivity contribution in [3.05, 3.63) is 36.2 Å². The smallest absolute Gasteiger partial charge is 0.243 e. The van der Waals surface area contributed by atoms with E-state index in [9.17, 15) is 8.42 Å². The molecule has 150 valence electrons. The number of benzene rings is 1. The maximum Gasteiger partial charge on any atom is 0.243 e. The summed E-state index contributed by atoms with van der Waals surface area (Å²) in [5.74, 6) is 2.34. The second kappa shape index (κ2) is 7.56. The summed E-state index contributed by atoms with van der Waals surface area (Å²) in [6.45, 7) is 5.04. The first-order valence-corrected chi connectivity index (χ1v) is 10.9. The molecule has 3 aliphatic rings. The van der Waals surface area contributed by atoms with E-state index in [1.165, 1.54) is 11.4 Å². The molecule has 4 rings (SSSR count). The molecule has 8 nitrogen and oxygen atoms in total. The molecule has 0 unspecified atom stereocenters. The zero-order chi connectivity index (χ0) is 19.7. The number of rotatable bonds is 5. The van der Waals surface area contributed by atoms with E-state index < -0.39 is 10.0 Å². The zero-order valence-electron chi connectivity index (χ0n) is 16.2. The van der Waals surface area contributed by atoms with Gasteiger partial charge in [0, 0.05) is 44.9 Å². The lowest BCUT2D eigenvalue weighted by Crippen LogP contribution is -2.48. The van der Waals surface area contributed by atoms with Gasteiger partial charge in [-0.25, -0.2) is 13.4 Å². The van der Waals surface area contributed by atoms with E-state index in [0.29, 0.717) is 38.0 Å². The molecular formula is C19H25N5O3S. The van der Waals surface area contributed by atoms with Gasteiger partial charge in [0.2, 0.25) is 10.0 Å². The van der Waals surface area contributed by atoms with Gasteiger partial charge in [0.25, 0.3) is 0 Å². The molecule has 0 spiro atoms. The van der Waals surface area contributed by atoms with Crippen molar-refractivity contribution in [3.63, 3.8) is 0 Å². The number of piperazine rings is 1. The fourth-order valence-corrected chi connectivity index (χ4v) is 5.05. The van der Waals surface area contributed by atoms with Gasteiger partial charge in [0.15, 0.2) is 0 Å². The van der Waals surface area contributed by atoms with E-state index in [4.69, 9.17) is 9.73 Å². The molecule has 0 radical (unpaired) electrons. The number of ether oxygens (including phenoxy) is 1.